The van der Waals surface area contributed by atoms with Gasteiger partial charge in [-0.3, -0.25) is 4.79 Å². The van der Waals surface area contributed by atoms with Gasteiger partial charge < -0.3 is 30.3 Å². The molecule has 1 fully saturated rings. The number of alkyl carbamates (subject to hydrolysis) is 1. The highest BCUT2D eigenvalue weighted by molar-refractivity contribution is 5.88. The monoisotopic (exact) mass is 482 g/mol. The number of aliphatic hydroxyl groups is 1. The number of benzene rings is 2. The number of carbonyl (C=O) groups excluding carboxylic acids is 2. The molecule has 4 N–H and O–H groups in total. The maximum Gasteiger partial charge on any atom is 0.407 e. The van der Waals surface area contributed by atoms with E-state index in [0.29, 0.717) is 26.1 Å². The molecule has 9 nitrogen and oxygen atoms in total. The van der Waals surface area contributed by atoms with Gasteiger partial charge in [-0.2, -0.15) is 0 Å². The Balaban J connectivity index is 1.39. The average Bonchev–Trinajstić information content (AvgIpc) is 3.20. The van der Waals surface area contributed by atoms with Crippen molar-refractivity contribution in [3.63, 3.8) is 0 Å². The molecule has 1 saturated heterocycles. The Hall–Kier alpha value is -3.43. The summed E-state index contributed by atoms with van der Waals surface area (Å²) in [6.07, 6.45) is -0.0919. The lowest BCUT2D eigenvalue weighted by atomic mass is 9.79. The van der Waals surface area contributed by atoms with Gasteiger partial charge in [-0.25, -0.2) is 9.59 Å². The fourth-order valence-corrected chi connectivity index (χ4v) is 4.83. The second-order valence-corrected chi connectivity index (χ2v) is 8.95. The molecule has 35 heavy (non-hydrogen) atoms. The summed E-state index contributed by atoms with van der Waals surface area (Å²) in [7, 11) is 0. The Labute approximate surface area is 203 Å². The van der Waals surface area contributed by atoms with Crippen LogP contribution >= 0.6 is 0 Å². The second-order valence-electron chi connectivity index (χ2n) is 8.95. The Morgan fingerprint density at radius 2 is 1.63 bits per heavy atom. The molecule has 9 heteroatoms. The molecule has 186 valence electrons. The van der Waals surface area contributed by atoms with Crippen molar-refractivity contribution in [2.45, 2.75) is 31.2 Å². The molecule has 4 rings (SSSR count). The number of nitrogens with one attached hydrogen (secondary N) is 2. The van der Waals surface area contributed by atoms with Crippen LogP contribution in [0.1, 0.15) is 36.3 Å². The van der Waals surface area contributed by atoms with Crippen LogP contribution in [-0.2, 0) is 19.1 Å². The summed E-state index contributed by atoms with van der Waals surface area (Å²) in [6, 6.07) is 14.9. The van der Waals surface area contributed by atoms with Gasteiger partial charge in [0.25, 0.3) is 0 Å². The molecule has 0 radical (unpaired) electrons. The molecule has 2 aromatic carbocycles. The van der Waals surface area contributed by atoms with Crippen LogP contribution in [0.15, 0.2) is 48.5 Å². The van der Waals surface area contributed by atoms with Crippen LogP contribution in [0, 0.1) is 5.41 Å². The van der Waals surface area contributed by atoms with Crippen LogP contribution in [0.25, 0.3) is 11.1 Å². The molecule has 2 aromatic rings. The average molecular weight is 483 g/mol. The predicted octanol–water partition coefficient (Wildman–Crippen LogP) is 2.27. The van der Waals surface area contributed by atoms with Crippen LogP contribution in [0.4, 0.5) is 4.79 Å². The normalized spacial score (nSPS) is 17.1. The number of hydrogen-bond acceptors (Lipinski definition) is 6. The zero-order chi connectivity index (χ0) is 24.8. The summed E-state index contributed by atoms with van der Waals surface area (Å²) in [5.74, 6) is -1.79. The maximum atomic E-state index is 13.1. The van der Waals surface area contributed by atoms with E-state index in [1.54, 1.807) is 0 Å². The summed E-state index contributed by atoms with van der Waals surface area (Å²) in [5.41, 5.74) is 3.44. The minimum Gasteiger partial charge on any atom is -0.480 e. The standard InChI is InChI=1S/C26H30N2O7/c29-12-9-22(23(30)31)28-24(32)26(10-13-34-14-11-26)16-27-25(33)35-15-21-19-7-3-1-5-17(19)18-6-2-4-8-20(18)21/h1-8,21-22,29H,9-16H2,(H,27,33)(H,28,32)(H,30,31)/t22-/m0/s1. The van der Waals surface area contributed by atoms with Gasteiger partial charge in [0.15, 0.2) is 0 Å². The number of carboxylic acids is 1. The number of aliphatic hydroxyl groups excluding tert-OH is 1. The summed E-state index contributed by atoms with van der Waals surface area (Å²) >= 11 is 0. The lowest BCUT2D eigenvalue weighted by Crippen LogP contribution is -2.55. The van der Waals surface area contributed by atoms with Gasteiger partial charge in [0.05, 0.1) is 5.41 Å². The molecule has 0 saturated carbocycles. The second kappa shape index (κ2) is 10.9. The Kier molecular flexibility index (Phi) is 7.67. The van der Waals surface area contributed by atoms with Crippen LogP contribution in [-0.4, -0.2) is 67.2 Å². The van der Waals surface area contributed by atoms with E-state index in [9.17, 15) is 19.5 Å². The smallest absolute Gasteiger partial charge is 0.407 e. The summed E-state index contributed by atoms with van der Waals surface area (Å²) in [4.78, 5) is 37.1. The highest BCUT2D eigenvalue weighted by Crippen LogP contribution is 2.44. The largest absolute Gasteiger partial charge is 0.480 e. The molecule has 0 unspecified atom stereocenters. The van der Waals surface area contributed by atoms with Crippen LogP contribution in [0.2, 0.25) is 0 Å². The number of hydrogen-bond donors (Lipinski definition) is 4. The van der Waals surface area contributed by atoms with Gasteiger partial charge in [-0.15, -0.1) is 0 Å². The van der Waals surface area contributed by atoms with Crippen molar-refractivity contribution in [1.82, 2.24) is 10.6 Å². The van der Waals surface area contributed by atoms with Gasteiger partial charge in [-0.1, -0.05) is 48.5 Å². The van der Waals surface area contributed by atoms with Crippen LogP contribution < -0.4 is 10.6 Å². The number of rotatable bonds is 9. The van der Waals surface area contributed by atoms with E-state index in [1.165, 1.54) is 0 Å². The van der Waals surface area contributed by atoms with E-state index in [2.05, 4.69) is 22.8 Å². The molecular formula is C26H30N2O7. The minimum absolute atomic E-state index is 0.00959. The third-order valence-electron chi connectivity index (χ3n) is 6.87. The first kappa shape index (κ1) is 24.7. The molecule has 0 spiro atoms. The summed E-state index contributed by atoms with van der Waals surface area (Å²) in [5, 5.41) is 23.6. The summed E-state index contributed by atoms with van der Waals surface area (Å²) in [6.45, 7) is 0.407. The van der Waals surface area contributed by atoms with Gasteiger partial charge >= 0.3 is 12.1 Å². The van der Waals surface area contributed by atoms with Crippen LogP contribution in [0.3, 0.4) is 0 Å². The van der Waals surface area contributed by atoms with Gasteiger partial charge in [0.2, 0.25) is 5.91 Å². The number of aliphatic carboxylic acids is 1. The topological polar surface area (TPSA) is 134 Å². The number of carboxylic acid groups (broad SMARTS) is 1. The van der Waals surface area contributed by atoms with E-state index < -0.39 is 29.4 Å². The fourth-order valence-electron chi connectivity index (χ4n) is 4.83. The highest BCUT2D eigenvalue weighted by Gasteiger charge is 2.42. The zero-order valence-corrected chi connectivity index (χ0v) is 19.4. The van der Waals surface area contributed by atoms with Gasteiger partial charge in [0, 0.05) is 38.7 Å². The lowest BCUT2D eigenvalue weighted by molar-refractivity contribution is -0.146. The molecule has 1 aliphatic heterocycles. The molecule has 1 heterocycles. The molecule has 2 amide bonds. The van der Waals surface area contributed by atoms with E-state index in [4.69, 9.17) is 14.6 Å². The number of carbonyl (C=O) groups is 3. The minimum atomic E-state index is -1.22. The molecule has 1 aliphatic carbocycles. The predicted molar refractivity (Wildman–Crippen MR) is 127 cm³/mol. The maximum absolute atomic E-state index is 13.1. The number of ether oxygens (including phenoxy) is 2. The van der Waals surface area contributed by atoms with E-state index >= 15 is 0 Å². The third kappa shape index (κ3) is 5.31. The first-order valence-electron chi connectivity index (χ1n) is 11.8. The fraction of sp³-hybridized carbons (Fsp3) is 0.423. The molecule has 0 bridgehead atoms. The van der Waals surface area contributed by atoms with Crippen molar-refractivity contribution in [3.8, 4) is 11.1 Å². The third-order valence-corrected chi connectivity index (χ3v) is 6.87. The molecule has 0 aromatic heterocycles. The van der Waals surface area contributed by atoms with Crippen LogP contribution in [0.5, 0.6) is 0 Å². The Bertz CT molecular complexity index is 1040. The molecule has 1 atom stereocenters. The summed E-state index contributed by atoms with van der Waals surface area (Å²) < 4.78 is 11.0. The zero-order valence-electron chi connectivity index (χ0n) is 19.4. The van der Waals surface area contributed by atoms with Crippen molar-refractivity contribution >= 4 is 18.0 Å². The van der Waals surface area contributed by atoms with E-state index in [1.807, 2.05) is 36.4 Å². The van der Waals surface area contributed by atoms with Crippen molar-refractivity contribution in [1.29, 1.82) is 0 Å². The molecular weight excluding hydrogens is 452 g/mol. The first-order chi connectivity index (χ1) is 16.9. The highest BCUT2D eigenvalue weighted by atomic mass is 16.5. The van der Waals surface area contributed by atoms with Crippen molar-refractivity contribution in [2.75, 3.05) is 33.0 Å². The van der Waals surface area contributed by atoms with E-state index in [0.717, 1.165) is 22.3 Å². The lowest BCUT2D eigenvalue weighted by Gasteiger charge is -2.36. The number of amides is 2. The quantitative estimate of drug-likeness (QED) is 0.431. The first-order valence-corrected chi connectivity index (χ1v) is 11.8. The van der Waals surface area contributed by atoms with Crippen molar-refractivity contribution < 1.29 is 34.1 Å². The Morgan fingerprint density at radius 3 is 2.20 bits per heavy atom. The number of fused-ring (bicyclic) bond motifs is 3. The Morgan fingerprint density at radius 1 is 1.03 bits per heavy atom. The van der Waals surface area contributed by atoms with Crippen molar-refractivity contribution in [3.05, 3.63) is 59.7 Å². The SMILES string of the molecule is O=C(NCC1(C(=O)N[C@@H](CCO)C(=O)O)CCOCC1)OCC1c2ccccc2-c2ccccc21. The van der Waals surface area contributed by atoms with Gasteiger partial charge in [-0.05, 0) is 35.1 Å². The van der Waals surface area contributed by atoms with E-state index in [-0.39, 0.29) is 32.1 Å². The van der Waals surface area contributed by atoms with Crippen molar-refractivity contribution in [2.24, 2.45) is 5.41 Å². The van der Waals surface area contributed by atoms with Gasteiger partial charge in [0.1, 0.15) is 12.6 Å². The molecule has 2 aliphatic rings.